The second-order valence-corrected chi connectivity index (χ2v) is 17.0. The summed E-state index contributed by atoms with van der Waals surface area (Å²) < 4.78 is 23.0. The molecule has 0 aliphatic carbocycles. The summed E-state index contributed by atoms with van der Waals surface area (Å²) in [5, 5.41) is 24.0. The molecular formula is C39H79N2O7P. The number of carbonyl (C=O) groups is 1. The first kappa shape index (κ1) is 48.2. The van der Waals surface area contributed by atoms with Gasteiger partial charge in [-0.15, -0.1) is 0 Å². The molecule has 0 saturated carbocycles. The average molecular weight is 719 g/mol. The van der Waals surface area contributed by atoms with E-state index in [9.17, 15) is 24.5 Å². The van der Waals surface area contributed by atoms with Gasteiger partial charge in [-0.3, -0.25) is 9.36 Å². The standard InChI is InChI=1S/C39H79N2O7P/c1-7-8-9-10-11-12-13-14-15-18-22-25-28-31-38(43)39(44)40-36(34-48-49(45,46)47-33-32-41(4,5)6)37(42)30-27-24-21-19-16-17-20-23-26-29-35(2)3/h27,30,35-38,42-43H,7-26,28-29,31-34H2,1-6H3,(H-,40,44,45,46)/b30-27+/t36-,37+,38?/m0/s1. The fourth-order valence-electron chi connectivity index (χ4n) is 5.69. The molecule has 0 heterocycles. The van der Waals surface area contributed by atoms with E-state index >= 15 is 0 Å². The molecule has 9 nitrogen and oxygen atoms in total. The molecule has 0 radical (unpaired) electrons. The van der Waals surface area contributed by atoms with Crippen LogP contribution in [0.5, 0.6) is 0 Å². The zero-order chi connectivity index (χ0) is 36.8. The molecule has 0 aromatic carbocycles. The van der Waals surface area contributed by atoms with E-state index in [-0.39, 0.29) is 6.61 Å². The lowest BCUT2D eigenvalue weighted by atomic mass is 10.0. The molecule has 1 amide bonds. The Morgan fingerprint density at radius 3 is 1.71 bits per heavy atom. The van der Waals surface area contributed by atoms with Crippen LogP contribution in [0.1, 0.15) is 168 Å². The molecule has 0 aliphatic rings. The molecule has 0 aliphatic heterocycles. The van der Waals surface area contributed by atoms with Gasteiger partial charge in [0, 0.05) is 0 Å². The molecule has 0 rings (SSSR count). The Morgan fingerprint density at radius 1 is 0.755 bits per heavy atom. The van der Waals surface area contributed by atoms with E-state index in [1.807, 2.05) is 27.2 Å². The highest BCUT2D eigenvalue weighted by molar-refractivity contribution is 7.45. The first-order valence-corrected chi connectivity index (χ1v) is 21.5. The normalized spacial score (nSPS) is 15.5. The number of allylic oxidation sites excluding steroid dienone is 1. The third-order valence-electron chi connectivity index (χ3n) is 9.03. The summed E-state index contributed by atoms with van der Waals surface area (Å²) in [6.07, 6.45) is 27.6. The molecule has 49 heavy (non-hydrogen) atoms. The highest BCUT2D eigenvalue weighted by atomic mass is 31.2. The monoisotopic (exact) mass is 719 g/mol. The number of amides is 1. The van der Waals surface area contributed by atoms with Crippen LogP contribution in [0.3, 0.4) is 0 Å². The van der Waals surface area contributed by atoms with Crippen molar-refractivity contribution in [2.45, 2.75) is 187 Å². The second kappa shape index (κ2) is 30.8. The van der Waals surface area contributed by atoms with E-state index in [0.29, 0.717) is 17.4 Å². The van der Waals surface area contributed by atoms with Gasteiger partial charge in [-0.1, -0.05) is 161 Å². The van der Waals surface area contributed by atoms with Crippen molar-refractivity contribution in [1.29, 1.82) is 0 Å². The molecule has 10 heteroatoms. The van der Waals surface area contributed by atoms with Crippen molar-refractivity contribution in [3.8, 4) is 0 Å². The van der Waals surface area contributed by atoms with E-state index in [4.69, 9.17) is 9.05 Å². The fraction of sp³-hybridized carbons (Fsp3) is 0.923. The van der Waals surface area contributed by atoms with Crippen molar-refractivity contribution < 1.29 is 38.0 Å². The van der Waals surface area contributed by atoms with Crippen LogP contribution < -0.4 is 10.2 Å². The lowest BCUT2D eigenvalue weighted by molar-refractivity contribution is -0.870. The number of phosphoric acid groups is 1. The third-order valence-corrected chi connectivity index (χ3v) is 10.00. The summed E-state index contributed by atoms with van der Waals surface area (Å²) in [5.74, 6) is 0.136. The van der Waals surface area contributed by atoms with Gasteiger partial charge in [0.1, 0.15) is 19.3 Å². The number of hydrogen-bond acceptors (Lipinski definition) is 7. The van der Waals surface area contributed by atoms with Crippen LogP contribution in [0.4, 0.5) is 0 Å². The fourth-order valence-corrected chi connectivity index (χ4v) is 6.42. The van der Waals surface area contributed by atoms with Crippen LogP contribution in [0.2, 0.25) is 0 Å². The van der Waals surface area contributed by atoms with E-state index in [2.05, 4.69) is 26.1 Å². The van der Waals surface area contributed by atoms with Crippen LogP contribution in [0, 0.1) is 5.92 Å². The first-order chi connectivity index (χ1) is 23.3. The Kier molecular flexibility index (Phi) is 30.3. The predicted octanol–water partition coefficient (Wildman–Crippen LogP) is 8.61. The Bertz CT molecular complexity index is 850. The highest BCUT2D eigenvalue weighted by Crippen LogP contribution is 2.38. The SMILES string of the molecule is CCCCCCCCCCCCCCCC(O)C(=O)N[C@@H](COP(=O)([O-])OCC[N+](C)(C)C)[C@H](O)/C=C/CCCCCCCCCC(C)C. The van der Waals surface area contributed by atoms with Crippen molar-refractivity contribution in [1.82, 2.24) is 5.32 Å². The predicted molar refractivity (Wildman–Crippen MR) is 202 cm³/mol. The Labute approximate surface area is 302 Å². The largest absolute Gasteiger partial charge is 0.756 e. The maximum absolute atomic E-state index is 12.9. The van der Waals surface area contributed by atoms with Gasteiger partial charge in [-0.05, 0) is 25.2 Å². The van der Waals surface area contributed by atoms with E-state index in [1.54, 1.807) is 6.08 Å². The quantitative estimate of drug-likeness (QED) is 0.0259. The Balaban J connectivity index is 4.64. The van der Waals surface area contributed by atoms with Gasteiger partial charge < -0.3 is 34.0 Å². The minimum absolute atomic E-state index is 0.0421. The highest BCUT2D eigenvalue weighted by Gasteiger charge is 2.25. The Morgan fingerprint density at radius 2 is 1.22 bits per heavy atom. The maximum Gasteiger partial charge on any atom is 0.268 e. The molecule has 0 saturated heterocycles. The minimum Gasteiger partial charge on any atom is -0.756 e. The van der Waals surface area contributed by atoms with Gasteiger partial charge in [0.15, 0.2) is 0 Å². The zero-order valence-electron chi connectivity index (χ0n) is 32.7. The molecule has 0 spiro atoms. The van der Waals surface area contributed by atoms with Gasteiger partial charge >= 0.3 is 0 Å². The zero-order valence-corrected chi connectivity index (χ0v) is 33.6. The van der Waals surface area contributed by atoms with Crippen molar-refractivity contribution >= 4 is 13.7 Å². The number of nitrogens with zero attached hydrogens (tertiary/aromatic N) is 1. The second-order valence-electron chi connectivity index (χ2n) is 15.6. The first-order valence-electron chi connectivity index (χ1n) is 20.0. The average Bonchev–Trinajstić information content (AvgIpc) is 3.02. The summed E-state index contributed by atoms with van der Waals surface area (Å²) >= 11 is 0. The lowest BCUT2D eigenvalue weighted by Gasteiger charge is -2.29. The third kappa shape index (κ3) is 32.8. The maximum atomic E-state index is 12.9. The Hall–Kier alpha value is -0.800. The number of carbonyl (C=O) groups excluding carboxylic acids is 1. The topological polar surface area (TPSA) is 128 Å². The number of aliphatic hydroxyl groups excluding tert-OH is 2. The van der Waals surface area contributed by atoms with Gasteiger partial charge in [0.2, 0.25) is 5.91 Å². The van der Waals surface area contributed by atoms with E-state index in [0.717, 1.165) is 44.4 Å². The van der Waals surface area contributed by atoms with Crippen LogP contribution in [0.25, 0.3) is 0 Å². The van der Waals surface area contributed by atoms with Crippen molar-refractivity contribution in [3.63, 3.8) is 0 Å². The lowest BCUT2D eigenvalue weighted by Crippen LogP contribution is -2.49. The molecule has 4 atom stereocenters. The van der Waals surface area contributed by atoms with Crippen molar-refractivity contribution in [2.75, 3.05) is 40.9 Å². The van der Waals surface area contributed by atoms with Gasteiger partial charge in [0.25, 0.3) is 7.82 Å². The summed E-state index contributed by atoms with van der Waals surface area (Å²) in [7, 11) is 1.12. The summed E-state index contributed by atoms with van der Waals surface area (Å²) in [5.41, 5.74) is 0. The smallest absolute Gasteiger partial charge is 0.268 e. The molecule has 0 aromatic heterocycles. The number of aliphatic hydroxyl groups is 2. The number of likely N-dealkylation sites (N-methyl/N-ethyl adjacent to an activating group) is 1. The van der Waals surface area contributed by atoms with Gasteiger partial charge in [0.05, 0.1) is 39.9 Å². The molecule has 292 valence electrons. The van der Waals surface area contributed by atoms with Gasteiger partial charge in [-0.2, -0.15) is 0 Å². The molecule has 0 bridgehead atoms. The number of hydrogen-bond donors (Lipinski definition) is 3. The summed E-state index contributed by atoms with van der Waals surface area (Å²) in [6, 6.07) is -1.06. The van der Waals surface area contributed by atoms with E-state index in [1.165, 1.54) is 103 Å². The number of phosphoric ester groups is 1. The van der Waals surface area contributed by atoms with Gasteiger partial charge in [-0.25, -0.2) is 0 Å². The van der Waals surface area contributed by atoms with E-state index < -0.39 is 38.6 Å². The van der Waals surface area contributed by atoms with Crippen LogP contribution >= 0.6 is 7.82 Å². The number of rotatable bonds is 35. The summed E-state index contributed by atoms with van der Waals surface area (Å²) in [6.45, 7) is 6.71. The van der Waals surface area contributed by atoms with Crippen molar-refractivity contribution in [2.24, 2.45) is 5.92 Å². The molecule has 3 N–H and O–H groups in total. The number of nitrogens with one attached hydrogen (secondary N) is 1. The van der Waals surface area contributed by atoms with Crippen LogP contribution in [-0.4, -0.2) is 79.8 Å². The molecule has 2 unspecified atom stereocenters. The molecular weight excluding hydrogens is 639 g/mol. The van der Waals surface area contributed by atoms with Crippen LogP contribution in [0.15, 0.2) is 12.2 Å². The van der Waals surface area contributed by atoms with Crippen molar-refractivity contribution in [3.05, 3.63) is 12.2 Å². The summed E-state index contributed by atoms with van der Waals surface area (Å²) in [4.78, 5) is 25.3. The number of quaternary nitrogens is 1. The van der Waals surface area contributed by atoms with Crippen LogP contribution in [-0.2, 0) is 18.4 Å². The number of unbranched alkanes of at least 4 members (excludes halogenated alkanes) is 19. The molecule has 0 aromatic rings. The minimum atomic E-state index is -4.65. The molecule has 0 fully saturated rings.